The summed E-state index contributed by atoms with van der Waals surface area (Å²) < 4.78 is 0.869. The SMILES string of the molecule is CCCCN1C(=O)C(=O)/C(=C(\O)c2ccc(Br)cc2)C1c1ccc(N(C)C)cc1. The molecule has 1 aliphatic rings. The average molecular weight is 457 g/mol. The second-order valence-corrected chi connectivity index (χ2v) is 8.25. The Balaban J connectivity index is 2.13. The summed E-state index contributed by atoms with van der Waals surface area (Å²) in [7, 11) is 3.91. The van der Waals surface area contributed by atoms with E-state index in [0.29, 0.717) is 12.1 Å². The smallest absolute Gasteiger partial charge is 0.295 e. The van der Waals surface area contributed by atoms with E-state index in [2.05, 4.69) is 15.9 Å². The lowest BCUT2D eigenvalue weighted by Crippen LogP contribution is -2.30. The van der Waals surface area contributed by atoms with Gasteiger partial charge in [-0.1, -0.05) is 53.5 Å². The molecule has 2 aromatic rings. The third-order valence-corrected chi connectivity index (χ3v) is 5.66. The Morgan fingerprint density at radius 1 is 1.07 bits per heavy atom. The van der Waals surface area contributed by atoms with Crippen molar-refractivity contribution in [3.05, 3.63) is 69.7 Å². The molecule has 1 fully saturated rings. The lowest BCUT2D eigenvalue weighted by atomic mass is 9.95. The molecule has 2 aromatic carbocycles. The number of ketones is 1. The van der Waals surface area contributed by atoms with E-state index >= 15 is 0 Å². The summed E-state index contributed by atoms with van der Waals surface area (Å²) in [5, 5.41) is 11.0. The zero-order valence-corrected chi connectivity index (χ0v) is 18.4. The number of benzene rings is 2. The summed E-state index contributed by atoms with van der Waals surface area (Å²) in [5.74, 6) is -1.33. The first-order valence-corrected chi connectivity index (χ1v) is 10.5. The van der Waals surface area contributed by atoms with Crippen molar-refractivity contribution >= 4 is 39.1 Å². The van der Waals surface area contributed by atoms with Crippen LogP contribution in [0.15, 0.2) is 58.6 Å². The summed E-state index contributed by atoms with van der Waals surface area (Å²) in [5.41, 5.74) is 2.49. The molecule has 5 nitrogen and oxygen atoms in total. The number of anilines is 1. The Labute approximate surface area is 179 Å². The van der Waals surface area contributed by atoms with Gasteiger partial charge in [0.2, 0.25) is 0 Å². The number of rotatable bonds is 6. The van der Waals surface area contributed by atoms with Crippen molar-refractivity contribution in [2.45, 2.75) is 25.8 Å². The zero-order valence-electron chi connectivity index (χ0n) is 16.9. The monoisotopic (exact) mass is 456 g/mol. The van der Waals surface area contributed by atoms with E-state index in [1.54, 1.807) is 29.2 Å². The second-order valence-electron chi connectivity index (χ2n) is 7.34. The Kier molecular flexibility index (Phi) is 6.42. The second kappa shape index (κ2) is 8.82. The van der Waals surface area contributed by atoms with E-state index in [1.165, 1.54) is 0 Å². The molecule has 1 aliphatic heterocycles. The van der Waals surface area contributed by atoms with Crippen molar-refractivity contribution in [1.82, 2.24) is 4.90 Å². The minimum absolute atomic E-state index is 0.142. The van der Waals surface area contributed by atoms with Crippen LogP contribution in [0.5, 0.6) is 0 Å². The van der Waals surface area contributed by atoms with Gasteiger partial charge in [-0.05, 0) is 36.2 Å². The Morgan fingerprint density at radius 3 is 2.24 bits per heavy atom. The number of nitrogens with zero attached hydrogens (tertiary/aromatic N) is 2. The molecule has 1 heterocycles. The van der Waals surface area contributed by atoms with Crippen LogP contribution in [0.2, 0.25) is 0 Å². The number of amides is 1. The van der Waals surface area contributed by atoms with Gasteiger partial charge in [-0.15, -0.1) is 0 Å². The van der Waals surface area contributed by atoms with Gasteiger partial charge in [0.15, 0.2) is 0 Å². The van der Waals surface area contributed by atoms with Crippen molar-refractivity contribution in [3.63, 3.8) is 0 Å². The number of carbonyl (C=O) groups excluding carboxylic acids is 2. The summed E-state index contributed by atoms with van der Waals surface area (Å²) in [6.07, 6.45) is 1.69. The van der Waals surface area contributed by atoms with Gasteiger partial charge in [0, 0.05) is 36.4 Å². The van der Waals surface area contributed by atoms with E-state index in [0.717, 1.165) is 28.6 Å². The van der Waals surface area contributed by atoms with E-state index in [9.17, 15) is 14.7 Å². The van der Waals surface area contributed by atoms with Gasteiger partial charge in [-0.3, -0.25) is 9.59 Å². The maximum absolute atomic E-state index is 12.9. The molecule has 1 saturated heterocycles. The van der Waals surface area contributed by atoms with Crippen LogP contribution in [0.25, 0.3) is 5.76 Å². The van der Waals surface area contributed by atoms with E-state index in [-0.39, 0.29) is 11.3 Å². The van der Waals surface area contributed by atoms with Gasteiger partial charge in [0.05, 0.1) is 11.6 Å². The summed E-state index contributed by atoms with van der Waals surface area (Å²) in [6.45, 7) is 2.51. The van der Waals surface area contributed by atoms with Gasteiger partial charge >= 0.3 is 0 Å². The van der Waals surface area contributed by atoms with Crippen molar-refractivity contribution in [3.8, 4) is 0 Å². The van der Waals surface area contributed by atoms with Crippen molar-refractivity contribution < 1.29 is 14.7 Å². The number of hydrogen-bond acceptors (Lipinski definition) is 4. The highest BCUT2D eigenvalue weighted by molar-refractivity contribution is 9.10. The van der Waals surface area contributed by atoms with Crippen LogP contribution >= 0.6 is 15.9 Å². The molecule has 1 unspecified atom stereocenters. The number of aliphatic hydroxyl groups is 1. The summed E-state index contributed by atoms with van der Waals surface area (Å²) >= 11 is 3.37. The number of aliphatic hydroxyl groups excluding tert-OH is 1. The third kappa shape index (κ3) is 4.22. The largest absolute Gasteiger partial charge is 0.507 e. The molecule has 0 aliphatic carbocycles. The quantitative estimate of drug-likeness (QED) is 0.387. The van der Waals surface area contributed by atoms with Gasteiger partial charge in [-0.2, -0.15) is 0 Å². The molecule has 152 valence electrons. The summed E-state index contributed by atoms with van der Waals surface area (Å²) in [4.78, 5) is 29.2. The minimum Gasteiger partial charge on any atom is -0.507 e. The predicted molar refractivity (Wildman–Crippen MR) is 119 cm³/mol. The van der Waals surface area contributed by atoms with Gasteiger partial charge in [-0.25, -0.2) is 0 Å². The van der Waals surface area contributed by atoms with Crippen LogP contribution in [-0.2, 0) is 9.59 Å². The third-order valence-electron chi connectivity index (χ3n) is 5.14. The average Bonchev–Trinajstić information content (AvgIpc) is 2.97. The first kappa shape index (κ1) is 21.1. The van der Waals surface area contributed by atoms with Gasteiger partial charge in [0.25, 0.3) is 11.7 Å². The number of unbranched alkanes of at least 4 members (excludes halogenated alkanes) is 1. The number of halogens is 1. The molecular formula is C23H25BrN2O3. The molecular weight excluding hydrogens is 432 g/mol. The van der Waals surface area contributed by atoms with Crippen molar-refractivity contribution in [2.24, 2.45) is 0 Å². The standard InChI is InChI=1S/C23H25BrN2O3/c1-4-5-14-26-20(15-8-12-18(13-9-15)25(2)3)19(22(28)23(26)29)21(27)16-6-10-17(24)11-7-16/h6-13,20,27H,4-5,14H2,1-3H3/b21-19-. The molecule has 0 spiro atoms. The fraction of sp³-hybridized carbons (Fsp3) is 0.304. The lowest BCUT2D eigenvalue weighted by Gasteiger charge is -2.25. The highest BCUT2D eigenvalue weighted by atomic mass is 79.9. The van der Waals surface area contributed by atoms with Crippen LogP contribution in [-0.4, -0.2) is 42.3 Å². The number of hydrogen-bond donors (Lipinski definition) is 1. The van der Waals surface area contributed by atoms with E-state index in [4.69, 9.17) is 0 Å². The van der Waals surface area contributed by atoms with Gasteiger partial charge in [0.1, 0.15) is 5.76 Å². The van der Waals surface area contributed by atoms with E-state index in [1.807, 2.05) is 50.2 Å². The lowest BCUT2D eigenvalue weighted by molar-refractivity contribution is -0.139. The molecule has 3 rings (SSSR count). The topological polar surface area (TPSA) is 60.9 Å². The van der Waals surface area contributed by atoms with Gasteiger partial charge < -0.3 is 14.9 Å². The van der Waals surface area contributed by atoms with E-state index < -0.39 is 17.7 Å². The van der Waals surface area contributed by atoms with Crippen LogP contribution in [0, 0.1) is 0 Å². The molecule has 1 atom stereocenters. The van der Waals surface area contributed by atoms with Crippen LogP contribution in [0.4, 0.5) is 5.69 Å². The zero-order chi connectivity index (χ0) is 21.1. The fourth-order valence-electron chi connectivity index (χ4n) is 3.50. The highest BCUT2D eigenvalue weighted by Gasteiger charge is 2.45. The van der Waals surface area contributed by atoms with Crippen molar-refractivity contribution in [1.29, 1.82) is 0 Å². The molecule has 1 N–H and O–H groups in total. The minimum atomic E-state index is -0.636. The Morgan fingerprint density at radius 2 is 1.69 bits per heavy atom. The number of Topliss-reactive ketones (excluding diaryl/α,β-unsaturated/α-hetero) is 1. The predicted octanol–water partition coefficient (Wildman–Crippen LogP) is 4.74. The fourth-order valence-corrected chi connectivity index (χ4v) is 3.77. The molecule has 6 heteroatoms. The maximum atomic E-state index is 12.9. The first-order chi connectivity index (χ1) is 13.8. The Bertz CT molecular complexity index is 934. The van der Waals surface area contributed by atoms with Crippen molar-refractivity contribution in [2.75, 3.05) is 25.5 Å². The summed E-state index contributed by atoms with van der Waals surface area (Å²) in [6, 6.07) is 14.2. The van der Waals surface area contributed by atoms with Crippen LogP contribution in [0.3, 0.4) is 0 Å². The Hall–Kier alpha value is -2.60. The molecule has 29 heavy (non-hydrogen) atoms. The maximum Gasteiger partial charge on any atom is 0.295 e. The molecule has 0 bridgehead atoms. The number of likely N-dealkylation sites (tertiary alicyclic amines) is 1. The normalized spacial score (nSPS) is 18.3. The number of carbonyl (C=O) groups is 2. The molecule has 0 radical (unpaired) electrons. The first-order valence-electron chi connectivity index (χ1n) is 9.66. The molecule has 1 amide bonds. The highest BCUT2D eigenvalue weighted by Crippen LogP contribution is 2.40. The van der Waals surface area contributed by atoms with Crippen LogP contribution < -0.4 is 4.90 Å². The molecule has 0 aromatic heterocycles. The van der Waals surface area contributed by atoms with Crippen LogP contribution in [0.1, 0.15) is 36.9 Å². The molecule has 0 saturated carbocycles.